The highest BCUT2D eigenvalue weighted by atomic mass is 16.3. The van der Waals surface area contributed by atoms with E-state index in [9.17, 15) is 0 Å². The Morgan fingerprint density at radius 1 is 1.29 bits per heavy atom. The zero-order valence-corrected chi connectivity index (χ0v) is 12.7. The standard InChI is InChI=1S/C17H25N3O/c1-19-7-5-16(6-8-19)20-9-4-14-10-13(2-3-17(14)20)11-15(18)12-21/h2-4,9-10,15-16,21H,5-8,11-12,18H2,1H3. The van der Waals surface area contributed by atoms with Crippen LogP contribution in [-0.2, 0) is 6.42 Å². The highest BCUT2D eigenvalue weighted by Crippen LogP contribution is 2.28. The van der Waals surface area contributed by atoms with Crippen molar-refractivity contribution in [1.29, 1.82) is 0 Å². The van der Waals surface area contributed by atoms with Gasteiger partial charge in [-0.25, -0.2) is 0 Å². The maximum absolute atomic E-state index is 9.07. The minimum absolute atomic E-state index is 0.0364. The van der Waals surface area contributed by atoms with Crippen molar-refractivity contribution in [3.63, 3.8) is 0 Å². The van der Waals surface area contributed by atoms with E-state index in [2.05, 4.69) is 47.0 Å². The number of hydrogen-bond donors (Lipinski definition) is 2. The van der Waals surface area contributed by atoms with E-state index in [0.29, 0.717) is 6.04 Å². The molecule has 1 aromatic carbocycles. The van der Waals surface area contributed by atoms with Gasteiger partial charge in [-0.15, -0.1) is 0 Å². The van der Waals surface area contributed by atoms with Crippen LogP contribution < -0.4 is 5.73 Å². The number of hydrogen-bond acceptors (Lipinski definition) is 3. The van der Waals surface area contributed by atoms with Crippen molar-refractivity contribution in [3.05, 3.63) is 36.0 Å². The smallest absolute Gasteiger partial charge is 0.0585 e. The fourth-order valence-electron chi connectivity index (χ4n) is 3.30. The maximum Gasteiger partial charge on any atom is 0.0585 e. The molecule has 2 heterocycles. The molecule has 0 saturated carbocycles. The first kappa shape index (κ1) is 14.6. The van der Waals surface area contributed by atoms with E-state index in [4.69, 9.17) is 10.8 Å². The van der Waals surface area contributed by atoms with Crippen molar-refractivity contribution in [3.8, 4) is 0 Å². The summed E-state index contributed by atoms with van der Waals surface area (Å²) in [6.07, 6.45) is 5.39. The van der Waals surface area contributed by atoms with Crippen molar-refractivity contribution in [1.82, 2.24) is 9.47 Å². The molecule has 1 unspecified atom stereocenters. The second-order valence-corrected chi connectivity index (χ2v) is 6.30. The zero-order chi connectivity index (χ0) is 14.8. The van der Waals surface area contributed by atoms with Gasteiger partial charge >= 0.3 is 0 Å². The average molecular weight is 287 g/mol. The van der Waals surface area contributed by atoms with Gasteiger partial charge in [-0.3, -0.25) is 0 Å². The monoisotopic (exact) mass is 287 g/mol. The maximum atomic E-state index is 9.07. The van der Waals surface area contributed by atoms with Crippen LogP contribution in [0.4, 0.5) is 0 Å². The molecule has 114 valence electrons. The Labute approximate surface area is 126 Å². The normalized spacial score (nSPS) is 19.2. The largest absolute Gasteiger partial charge is 0.395 e. The van der Waals surface area contributed by atoms with Crippen LogP contribution in [0.15, 0.2) is 30.5 Å². The summed E-state index contributed by atoms with van der Waals surface area (Å²) in [4.78, 5) is 2.40. The number of nitrogens with two attached hydrogens (primary N) is 1. The van der Waals surface area contributed by atoms with E-state index >= 15 is 0 Å². The molecule has 21 heavy (non-hydrogen) atoms. The molecule has 2 aromatic rings. The van der Waals surface area contributed by atoms with Gasteiger partial charge in [0.2, 0.25) is 0 Å². The Bertz CT molecular complexity index is 599. The zero-order valence-electron chi connectivity index (χ0n) is 12.7. The molecule has 4 heteroatoms. The van der Waals surface area contributed by atoms with E-state index in [1.807, 2.05) is 0 Å². The van der Waals surface area contributed by atoms with E-state index < -0.39 is 0 Å². The van der Waals surface area contributed by atoms with Crippen LogP contribution in [0, 0.1) is 0 Å². The van der Waals surface area contributed by atoms with Crippen LogP contribution in [0.25, 0.3) is 10.9 Å². The number of aliphatic hydroxyl groups excluding tert-OH is 1. The van der Waals surface area contributed by atoms with Gasteiger partial charge in [-0.2, -0.15) is 0 Å². The average Bonchev–Trinajstić information content (AvgIpc) is 2.91. The van der Waals surface area contributed by atoms with E-state index in [1.165, 1.54) is 42.4 Å². The molecule has 3 rings (SSSR count). The van der Waals surface area contributed by atoms with Gasteiger partial charge in [0, 0.05) is 23.8 Å². The molecule has 1 aliphatic heterocycles. The third kappa shape index (κ3) is 3.12. The minimum Gasteiger partial charge on any atom is -0.395 e. The molecule has 1 aliphatic rings. The van der Waals surface area contributed by atoms with Crippen LogP contribution in [-0.4, -0.2) is 47.4 Å². The lowest BCUT2D eigenvalue weighted by Gasteiger charge is -2.30. The number of likely N-dealkylation sites (tertiary alicyclic amines) is 1. The fourth-order valence-corrected chi connectivity index (χ4v) is 3.30. The summed E-state index contributed by atoms with van der Waals surface area (Å²) in [6.45, 7) is 2.39. The second kappa shape index (κ2) is 6.18. The molecular weight excluding hydrogens is 262 g/mol. The molecular formula is C17H25N3O. The van der Waals surface area contributed by atoms with Crippen LogP contribution in [0.3, 0.4) is 0 Å². The Morgan fingerprint density at radius 2 is 2.05 bits per heavy atom. The molecule has 1 aromatic heterocycles. The van der Waals surface area contributed by atoms with Crippen LogP contribution >= 0.6 is 0 Å². The summed E-state index contributed by atoms with van der Waals surface area (Å²) < 4.78 is 2.43. The van der Waals surface area contributed by atoms with Gasteiger partial charge in [0.25, 0.3) is 0 Å². The van der Waals surface area contributed by atoms with Crippen molar-refractivity contribution in [2.45, 2.75) is 31.3 Å². The molecule has 0 bridgehead atoms. The molecule has 1 atom stereocenters. The lowest BCUT2D eigenvalue weighted by atomic mass is 10.0. The summed E-state index contributed by atoms with van der Waals surface area (Å²) in [5.74, 6) is 0. The lowest BCUT2D eigenvalue weighted by molar-refractivity contribution is 0.224. The van der Waals surface area contributed by atoms with E-state index in [-0.39, 0.29) is 12.6 Å². The van der Waals surface area contributed by atoms with Crippen LogP contribution in [0.5, 0.6) is 0 Å². The molecule has 4 nitrogen and oxygen atoms in total. The first-order valence-electron chi connectivity index (χ1n) is 7.82. The molecule has 0 amide bonds. The van der Waals surface area contributed by atoms with Crippen LogP contribution in [0.2, 0.25) is 0 Å². The van der Waals surface area contributed by atoms with Gasteiger partial charge in [0.05, 0.1) is 6.61 Å². The SMILES string of the molecule is CN1CCC(n2ccc3cc(CC(N)CO)ccc32)CC1. The quantitative estimate of drug-likeness (QED) is 0.901. The number of benzene rings is 1. The molecule has 0 aliphatic carbocycles. The van der Waals surface area contributed by atoms with Gasteiger partial charge in [-0.1, -0.05) is 6.07 Å². The molecule has 0 radical (unpaired) electrons. The Kier molecular flexibility index (Phi) is 4.29. The van der Waals surface area contributed by atoms with Gasteiger partial charge in [0.1, 0.15) is 0 Å². The minimum atomic E-state index is -0.168. The summed E-state index contributed by atoms with van der Waals surface area (Å²) >= 11 is 0. The number of piperidine rings is 1. The second-order valence-electron chi connectivity index (χ2n) is 6.30. The third-order valence-corrected chi connectivity index (χ3v) is 4.60. The summed E-state index contributed by atoms with van der Waals surface area (Å²) in [6, 6.07) is 9.19. The summed E-state index contributed by atoms with van der Waals surface area (Å²) in [5.41, 5.74) is 8.33. The lowest BCUT2D eigenvalue weighted by Crippen LogP contribution is -2.31. The third-order valence-electron chi connectivity index (χ3n) is 4.60. The van der Waals surface area contributed by atoms with Crippen molar-refractivity contribution < 1.29 is 5.11 Å². The van der Waals surface area contributed by atoms with Crippen molar-refractivity contribution in [2.75, 3.05) is 26.7 Å². The van der Waals surface area contributed by atoms with Gasteiger partial charge in [0.15, 0.2) is 0 Å². The highest BCUT2D eigenvalue weighted by Gasteiger charge is 2.19. The van der Waals surface area contributed by atoms with E-state index in [0.717, 1.165) is 6.42 Å². The van der Waals surface area contributed by atoms with Crippen molar-refractivity contribution in [2.24, 2.45) is 5.73 Å². The molecule has 1 fully saturated rings. The predicted octanol–water partition coefficient (Wildman–Crippen LogP) is 1.77. The van der Waals surface area contributed by atoms with E-state index in [1.54, 1.807) is 0 Å². The predicted molar refractivity (Wildman–Crippen MR) is 86.5 cm³/mol. The summed E-state index contributed by atoms with van der Waals surface area (Å²) in [7, 11) is 2.20. The molecule has 1 saturated heterocycles. The van der Waals surface area contributed by atoms with Gasteiger partial charge in [-0.05, 0) is 68.5 Å². The Balaban J connectivity index is 1.82. The number of rotatable bonds is 4. The van der Waals surface area contributed by atoms with Gasteiger partial charge < -0.3 is 20.3 Å². The number of aromatic nitrogens is 1. The number of fused-ring (bicyclic) bond motifs is 1. The highest BCUT2D eigenvalue weighted by molar-refractivity contribution is 5.81. The Hall–Kier alpha value is -1.36. The topological polar surface area (TPSA) is 54.4 Å². The Morgan fingerprint density at radius 3 is 2.76 bits per heavy atom. The van der Waals surface area contributed by atoms with Crippen LogP contribution in [0.1, 0.15) is 24.4 Å². The first-order chi connectivity index (χ1) is 10.2. The molecule has 3 N–H and O–H groups in total. The fraction of sp³-hybridized carbons (Fsp3) is 0.529. The number of aliphatic hydroxyl groups is 1. The van der Waals surface area contributed by atoms with Crippen molar-refractivity contribution >= 4 is 10.9 Å². The first-order valence-corrected chi connectivity index (χ1v) is 7.82. The molecule has 0 spiro atoms. The summed E-state index contributed by atoms with van der Waals surface area (Å²) in [5, 5.41) is 10.3. The number of nitrogens with zero attached hydrogens (tertiary/aromatic N) is 2.